The van der Waals surface area contributed by atoms with E-state index in [1.165, 1.54) is 0 Å². The molecule has 0 radical (unpaired) electrons. The molecule has 0 aromatic carbocycles. The number of aromatic nitrogens is 2. The molecule has 1 aromatic heterocycles. The molecule has 2 rings (SSSR count). The van der Waals surface area contributed by atoms with Crippen molar-refractivity contribution < 1.29 is 9.53 Å². The molecule has 1 saturated heterocycles. The largest absolute Gasteiger partial charge is 0.382 e. The second kappa shape index (κ2) is 11.3. The predicted molar refractivity (Wildman–Crippen MR) is 106 cm³/mol. The summed E-state index contributed by atoms with van der Waals surface area (Å²) in [7, 11) is 3.48. The van der Waals surface area contributed by atoms with Crippen LogP contribution in [0.3, 0.4) is 0 Å². The smallest absolute Gasteiger partial charge is 0.243 e. The normalized spacial score (nSPS) is 15.0. The Bertz CT molecular complexity index is 587. The number of carbonyl (C=O) groups excluding carboxylic acids is 1. The zero-order valence-electron chi connectivity index (χ0n) is 16.6. The average molecular weight is 377 g/mol. The van der Waals surface area contributed by atoms with E-state index in [9.17, 15) is 4.79 Å². The van der Waals surface area contributed by atoms with Crippen LogP contribution in [0.15, 0.2) is 23.5 Å². The highest BCUT2D eigenvalue weighted by Crippen LogP contribution is 2.09. The molecule has 0 aliphatic carbocycles. The summed E-state index contributed by atoms with van der Waals surface area (Å²) < 4.78 is 5.38. The highest BCUT2D eigenvalue weighted by molar-refractivity contribution is 5.85. The number of piperazine rings is 1. The van der Waals surface area contributed by atoms with Crippen molar-refractivity contribution >= 4 is 17.8 Å². The van der Waals surface area contributed by atoms with Crippen LogP contribution in [-0.2, 0) is 9.53 Å². The van der Waals surface area contributed by atoms with Gasteiger partial charge in [0.2, 0.25) is 11.9 Å². The zero-order chi connectivity index (χ0) is 19.5. The Labute approximate surface area is 161 Å². The second-order valence-electron chi connectivity index (χ2n) is 6.43. The van der Waals surface area contributed by atoms with Gasteiger partial charge in [-0.05, 0) is 19.4 Å². The lowest BCUT2D eigenvalue weighted by Crippen LogP contribution is -2.53. The Hall–Kier alpha value is -2.42. The van der Waals surface area contributed by atoms with Gasteiger partial charge < -0.3 is 24.8 Å². The number of ether oxygens (including phenoxy) is 1. The number of rotatable bonds is 8. The van der Waals surface area contributed by atoms with Crippen molar-refractivity contribution in [3.05, 3.63) is 18.5 Å². The topological polar surface area (TPSA) is 86.2 Å². The first kappa shape index (κ1) is 20.9. The first-order valence-corrected chi connectivity index (χ1v) is 9.45. The van der Waals surface area contributed by atoms with Gasteiger partial charge in [-0.1, -0.05) is 0 Å². The van der Waals surface area contributed by atoms with E-state index in [1.807, 2.05) is 13.0 Å². The molecule has 0 saturated carbocycles. The zero-order valence-corrected chi connectivity index (χ0v) is 16.6. The summed E-state index contributed by atoms with van der Waals surface area (Å²) in [4.78, 5) is 31.0. The summed E-state index contributed by atoms with van der Waals surface area (Å²) in [5.74, 6) is 1.51. The van der Waals surface area contributed by atoms with Crippen molar-refractivity contribution in [2.24, 2.45) is 4.99 Å². The number of amides is 1. The number of likely N-dealkylation sites (N-methyl/N-ethyl adjacent to an activating group) is 1. The summed E-state index contributed by atoms with van der Waals surface area (Å²) in [5.41, 5.74) is 0. The van der Waals surface area contributed by atoms with Crippen molar-refractivity contribution in [1.82, 2.24) is 25.1 Å². The van der Waals surface area contributed by atoms with Gasteiger partial charge in [0.15, 0.2) is 5.96 Å². The number of guanidine groups is 1. The number of anilines is 1. The number of nitrogens with zero attached hydrogens (tertiary/aromatic N) is 6. The Balaban J connectivity index is 1.92. The second-order valence-corrected chi connectivity index (χ2v) is 6.43. The molecule has 150 valence electrons. The molecular formula is C18H31N7O2. The Morgan fingerprint density at radius 3 is 2.59 bits per heavy atom. The van der Waals surface area contributed by atoms with Gasteiger partial charge in [0.05, 0.1) is 0 Å². The first-order valence-electron chi connectivity index (χ1n) is 9.45. The number of carbonyl (C=O) groups is 1. The summed E-state index contributed by atoms with van der Waals surface area (Å²) in [5, 5.41) is 3.37. The molecule has 27 heavy (non-hydrogen) atoms. The molecular weight excluding hydrogens is 346 g/mol. The standard InChI is InChI=1S/C18H31N7O2/c1-4-27-14-6-9-21-18(22-15-16(26)23(2)3)25-12-10-24(11-13-25)17-19-7-5-8-20-17/h5,7-8H,4,6,9-15H2,1-3H3,(H,21,22). The first-order chi connectivity index (χ1) is 13.1. The maximum absolute atomic E-state index is 11.9. The van der Waals surface area contributed by atoms with Gasteiger partial charge in [-0.15, -0.1) is 0 Å². The van der Waals surface area contributed by atoms with Crippen LogP contribution in [-0.4, -0.2) is 98.2 Å². The molecule has 1 aromatic rings. The molecule has 9 nitrogen and oxygen atoms in total. The van der Waals surface area contributed by atoms with Gasteiger partial charge in [0, 0.05) is 72.4 Å². The third-order valence-electron chi connectivity index (χ3n) is 4.23. The Morgan fingerprint density at radius 2 is 1.96 bits per heavy atom. The van der Waals surface area contributed by atoms with E-state index >= 15 is 0 Å². The van der Waals surface area contributed by atoms with Crippen LogP contribution in [0.5, 0.6) is 0 Å². The summed E-state index contributed by atoms with van der Waals surface area (Å²) >= 11 is 0. The molecule has 1 aliphatic heterocycles. The maximum Gasteiger partial charge on any atom is 0.243 e. The van der Waals surface area contributed by atoms with Crippen molar-refractivity contribution in [2.45, 2.75) is 13.3 Å². The molecule has 0 atom stereocenters. The fourth-order valence-electron chi connectivity index (χ4n) is 2.64. The third kappa shape index (κ3) is 7.01. The van der Waals surface area contributed by atoms with Crippen LogP contribution in [0.2, 0.25) is 0 Å². The maximum atomic E-state index is 11.9. The third-order valence-corrected chi connectivity index (χ3v) is 4.23. The molecule has 1 amide bonds. The molecule has 1 N–H and O–H groups in total. The molecule has 0 unspecified atom stereocenters. The average Bonchev–Trinajstić information content (AvgIpc) is 2.70. The Morgan fingerprint density at radius 1 is 1.26 bits per heavy atom. The molecule has 0 spiro atoms. The quantitative estimate of drug-likeness (QED) is 0.389. The monoisotopic (exact) mass is 377 g/mol. The number of hydrogen-bond donors (Lipinski definition) is 1. The van der Waals surface area contributed by atoms with Gasteiger partial charge in [0.1, 0.15) is 6.54 Å². The van der Waals surface area contributed by atoms with Crippen LogP contribution in [0.1, 0.15) is 13.3 Å². The van der Waals surface area contributed by atoms with Gasteiger partial charge in [-0.2, -0.15) is 0 Å². The molecule has 2 heterocycles. The van der Waals surface area contributed by atoms with E-state index in [4.69, 9.17) is 4.74 Å². The van der Waals surface area contributed by atoms with E-state index in [0.29, 0.717) is 6.61 Å². The minimum Gasteiger partial charge on any atom is -0.382 e. The number of nitrogens with one attached hydrogen (secondary N) is 1. The fourth-order valence-corrected chi connectivity index (χ4v) is 2.64. The van der Waals surface area contributed by atoms with E-state index in [1.54, 1.807) is 31.4 Å². The predicted octanol–water partition coefficient (Wildman–Crippen LogP) is 0.0590. The molecule has 0 bridgehead atoms. The number of hydrogen-bond acceptors (Lipinski definition) is 6. The van der Waals surface area contributed by atoms with Gasteiger partial charge in [-0.25, -0.2) is 15.0 Å². The van der Waals surface area contributed by atoms with Crippen molar-refractivity contribution in [3.63, 3.8) is 0 Å². The Kier molecular flexibility index (Phi) is 8.76. The molecule has 1 fully saturated rings. The van der Waals surface area contributed by atoms with Crippen LogP contribution < -0.4 is 10.2 Å². The molecule has 1 aliphatic rings. The highest BCUT2D eigenvalue weighted by atomic mass is 16.5. The summed E-state index contributed by atoms with van der Waals surface area (Å²) in [6, 6.07) is 1.82. The van der Waals surface area contributed by atoms with Crippen LogP contribution in [0, 0.1) is 0 Å². The highest BCUT2D eigenvalue weighted by Gasteiger charge is 2.21. The minimum atomic E-state index is -0.0139. The van der Waals surface area contributed by atoms with Crippen LogP contribution in [0.25, 0.3) is 0 Å². The van der Waals surface area contributed by atoms with Crippen molar-refractivity contribution in [2.75, 3.05) is 71.5 Å². The van der Waals surface area contributed by atoms with Gasteiger partial charge in [-0.3, -0.25) is 4.79 Å². The van der Waals surface area contributed by atoms with E-state index in [-0.39, 0.29) is 12.5 Å². The lowest BCUT2D eigenvalue weighted by Gasteiger charge is -2.36. The van der Waals surface area contributed by atoms with E-state index < -0.39 is 0 Å². The van der Waals surface area contributed by atoms with Gasteiger partial charge >= 0.3 is 0 Å². The fraction of sp³-hybridized carbons (Fsp3) is 0.667. The lowest BCUT2D eigenvalue weighted by molar-refractivity contribution is -0.127. The van der Waals surface area contributed by atoms with E-state index in [2.05, 4.69) is 30.1 Å². The number of aliphatic imine (C=N–C) groups is 1. The van der Waals surface area contributed by atoms with Crippen LogP contribution in [0.4, 0.5) is 5.95 Å². The summed E-state index contributed by atoms with van der Waals surface area (Å²) in [6.45, 7) is 7.55. The molecule has 9 heteroatoms. The lowest BCUT2D eigenvalue weighted by atomic mass is 10.3. The minimum absolute atomic E-state index is 0.0139. The van der Waals surface area contributed by atoms with Crippen LogP contribution >= 0.6 is 0 Å². The van der Waals surface area contributed by atoms with Crippen molar-refractivity contribution in [1.29, 1.82) is 0 Å². The SMILES string of the molecule is CCOCCCNC(=NCC(=O)N(C)C)N1CCN(c2ncccn2)CC1. The summed E-state index contributed by atoms with van der Waals surface area (Å²) in [6.07, 6.45) is 4.41. The van der Waals surface area contributed by atoms with Crippen molar-refractivity contribution in [3.8, 4) is 0 Å². The van der Waals surface area contributed by atoms with Gasteiger partial charge in [0.25, 0.3) is 0 Å². The van der Waals surface area contributed by atoms with E-state index in [0.717, 1.165) is 57.7 Å².